The normalized spacial score (nSPS) is 15.7. The zero-order chi connectivity index (χ0) is 12.1. The number of halogens is 1. The number of nitrogens with one attached hydrogen (secondary N) is 1. The largest absolute Gasteiger partial charge is 0.371 e. The van der Waals surface area contributed by atoms with Crippen LogP contribution in [0.2, 0.25) is 0 Å². The standard InChI is InChI=1S/C13H17ClN2O/c14-10-13(17)15-11-5-4-6-12(9-11)16-7-2-1-3-8-16/h4-6,9H,1-3,7-8,10H2,(H,15,17). The van der Waals surface area contributed by atoms with E-state index in [1.54, 1.807) is 0 Å². The van der Waals surface area contributed by atoms with Crippen LogP contribution in [0, 0.1) is 0 Å². The van der Waals surface area contributed by atoms with Crippen LogP contribution in [0.25, 0.3) is 0 Å². The Balaban J connectivity index is 2.07. The molecule has 1 heterocycles. The van der Waals surface area contributed by atoms with E-state index in [0.29, 0.717) is 0 Å². The molecule has 0 unspecified atom stereocenters. The zero-order valence-electron chi connectivity index (χ0n) is 9.79. The van der Waals surface area contributed by atoms with E-state index in [1.807, 2.05) is 18.2 Å². The van der Waals surface area contributed by atoms with Crippen molar-refractivity contribution in [2.45, 2.75) is 19.3 Å². The fraction of sp³-hybridized carbons (Fsp3) is 0.462. The van der Waals surface area contributed by atoms with Gasteiger partial charge in [-0.25, -0.2) is 0 Å². The van der Waals surface area contributed by atoms with Crippen molar-refractivity contribution in [2.75, 3.05) is 29.2 Å². The minimum atomic E-state index is -0.164. The van der Waals surface area contributed by atoms with Gasteiger partial charge in [-0.05, 0) is 37.5 Å². The molecule has 0 radical (unpaired) electrons. The van der Waals surface area contributed by atoms with E-state index >= 15 is 0 Å². The van der Waals surface area contributed by atoms with Crippen LogP contribution < -0.4 is 10.2 Å². The Kier molecular flexibility index (Phi) is 4.26. The van der Waals surface area contributed by atoms with Crippen molar-refractivity contribution < 1.29 is 4.79 Å². The molecule has 0 saturated carbocycles. The summed E-state index contributed by atoms with van der Waals surface area (Å²) in [4.78, 5) is 13.6. The second kappa shape index (κ2) is 5.92. The van der Waals surface area contributed by atoms with Gasteiger partial charge in [0.2, 0.25) is 5.91 Å². The van der Waals surface area contributed by atoms with Gasteiger partial charge in [-0.2, -0.15) is 0 Å². The molecule has 17 heavy (non-hydrogen) atoms. The molecular formula is C13H17ClN2O. The van der Waals surface area contributed by atoms with Crippen LogP contribution >= 0.6 is 11.6 Å². The van der Waals surface area contributed by atoms with Crippen LogP contribution in [0.5, 0.6) is 0 Å². The number of alkyl halides is 1. The monoisotopic (exact) mass is 252 g/mol. The molecule has 0 spiro atoms. The minimum absolute atomic E-state index is 0.00601. The average molecular weight is 253 g/mol. The van der Waals surface area contributed by atoms with Gasteiger partial charge < -0.3 is 10.2 Å². The first-order chi connectivity index (χ1) is 8.29. The van der Waals surface area contributed by atoms with Gasteiger partial charge in [0.05, 0.1) is 0 Å². The SMILES string of the molecule is O=C(CCl)Nc1cccc(N2CCCCC2)c1. The Bertz CT molecular complexity index is 389. The van der Waals surface area contributed by atoms with Gasteiger partial charge in [0.15, 0.2) is 0 Å². The fourth-order valence-electron chi connectivity index (χ4n) is 2.13. The number of amides is 1. The molecule has 0 aromatic heterocycles. The summed E-state index contributed by atoms with van der Waals surface area (Å²) in [7, 11) is 0. The number of rotatable bonds is 3. The highest BCUT2D eigenvalue weighted by Crippen LogP contribution is 2.22. The molecular weight excluding hydrogens is 236 g/mol. The van der Waals surface area contributed by atoms with Crippen molar-refractivity contribution in [1.82, 2.24) is 0 Å². The maximum atomic E-state index is 11.2. The third-order valence-electron chi connectivity index (χ3n) is 2.97. The van der Waals surface area contributed by atoms with Crippen molar-refractivity contribution in [2.24, 2.45) is 0 Å². The molecule has 0 aliphatic carbocycles. The molecule has 4 heteroatoms. The van der Waals surface area contributed by atoms with Crippen molar-refractivity contribution in [3.63, 3.8) is 0 Å². The van der Waals surface area contributed by atoms with Gasteiger partial charge in [0.1, 0.15) is 5.88 Å². The van der Waals surface area contributed by atoms with Gasteiger partial charge >= 0.3 is 0 Å². The molecule has 1 aliphatic heterocycles. The summed E-state index contributed by atoms with van der Waals surface area (Å²) in [6, 6.07) is 7.95. The third-order valence-corrected chi connectivity index (χ3v) is 3.22. The van der Waals surface area contributed by atoms with Crippen molar-refractivity contribution in [1.29, 1.82) is 0 Å². The molecule has 92 valence electrons. The zero-order valence-corrected chi connectivity index (χ0v) is 10.5. The molecule has 1 amide bonds. The molecule has 3 nitrogen and oxygen atoms in total. The topological polar surface area (TPSA) is 32.3 Å². The van der Waals surface area contributed by atoms with Crippen LogP contribution in [0.1, 0.15) is 19.3 Å². The van der Waals surface area contributed by atoms with Crippen LogP contribution in [0.4, 0.5) is 11.4 Å². The van der Waals surface area contributed by atoms with E-state index in [9.17, 15) is 4.79 Å². The highest BCUT2D eigenvalue weighted by molar-refractivity contribution is 6.29. The summed E-state index contributed by atoms with van der Waals surface area (Å²) in [5.41, 5.74) is 2.00. The smallest absolute Gasteiger partial charge is 0.239 e. The average Bonchev–Trinajstić information content (AvgIpc) is 2.40. The molecule has 0 bridgehead atoms. The number of hydrogen-bond acceptors (Lipinski definition) is 2. The minimum Gasteiger partial charge on any atom is -0.371 e. The Labute approximate surface area is 107 Å². The Morgan fingerprint density at radius 3 is 2.76 bits per heavy atom. The lowest BCUT2D eigenvalue weighted by Gasteiger charge is -2.29. The second-order valence-corrected chi connectivity index (χ2v) is 4.55. The van der Waals surface area contributed by atoms with E-state index in [4.69, 9.17) is 11.6 Å². The number of hydrogen-bond donors (Lipinski definition) is 1. The Morgan fingerprint density at radius 2 is 2.06 bits per heavy atom. The number of piperidine rings is 1. The van der Waals surface area contributed by atoms with E-state index in [0.717, 1.165) is 18.8 Å². The van der Waals surface area contributed by atoms with Crippen LogP contribution in [0.3, 0.4) is 0 Å². The summed E-state index contributed by atoms with van der Waals surface area (Å²) in [6.45, 7) is 2.21. The summed E-state index contributed by atoms with van der Waals surface area (Å²) in [5, 5.41) is 2.77. The molecule has 2 rings (SSSR count). The third kappa shape index (κ3) is 3.37. The highest BCUT2D eigenvalue weighted by Gasteiger charge is 2.11. The molecule has 1 aromatic carbocycles. The first kappa shape index (κ1) is 12.2. The van der Waals surface area contributed by atoms with Gasteiger partial charge in [0.25, 0.3) is 0 Å². The maximum absolute atomic E-state index is 11.2. The van der Waals surface area contributed by atoms with Crippen molar-refractivity contribution in [3.8, 4) is 0 Å². The van der Waals surface area contributed by atoms with Crippen molar-refractivity contribution >= 4 is 28.9 Å². The van der Waals surface area contributed by atoms with Gasteiger partial charge in [0, 0.05) is 24.5 Å². The summed E-state index contributed by atoms with van der Waals surface area (Å²) in [6.07, 6.45) is 3.82. The van der Waals surface area contributed by atoms with E-state index < -0.39 is 0 Å². The molecule has 1 saturated heterocycles. The molecule has 1 N–H and O–H groups in total. The maximum Gasteiger partial charge on any atom is 0.239 e. The quantitative estimate of drug-likeness (QED) is 0.839. The number of benzene rings is 1. The lowest BCUT2D eigenvalue weighted by molar-refractivity contribution is -0.113. The van der Waals surface area contributed by atoms with Crippen molar-refractivity contribution in [3.05, 3.63) is 24.3 Å². The molecule has 0 atom stereocenters. The fourth-order valence-corrected chi connectivity index (χ4v) is 2.19. The van der Waals surface area contributed by atoms with Crippen LogP contribution in [0.15, 0.2) is 24.3 Å². The Hall–Kier alpha value is -1.22. The van der Waals surface area contributed by atoms with E-state index in [-0.39, 0.29) is 11.8 Å². The number of anilines is 2. The van der Waals surface area contributed by atoms with Crippen LogP contribution in [-0.4, -0.2) is 24.9 Å². The second-order valence-electron chi connectivity index (χ2n) is 4.28. The van der Waals surface area contributed by atoms with Crippen LogP contribution in [-0.2, 0) is 4.79 Å². The van der Waals surface area contributed by atoms with Gasteiger partial charge in [-0.1, -0.05) is 6.07 Å². The van der Waals surface area contributed by atoms with E-state index in [2.05, 4.69) is 16.3 Å². The summed E-state index contributed by atoms with van der Waals surface area (Å²) < 4.78 is 0. The lowest BCUT2D eigenvalue weighted by atomic mass is 10.1. The number of nitrogens with zero attached hydrogens (tertiary/aromatic N) is 1. The first-order valence-corrected chi connectivity index (χ1v) is 6.54. The number of carbonyl (C=O) groups is 1. The predicted octanol–water partition coefficient (Wildman–Crippen LogP) is 2.85. The lowest BCUT2D eigenvalue weighted by Crippen LogP contribution is -2.29. The highest BCUT2D eigenvalue weighted by atomic mass is 35.5. The summed E-state index contributed by atoms with van der Waals surface area (Å²) >= 11 is 5.47. The van der Waals surface area contributed by atoms with E-state index in [1.165, 1.54) is 24.9 Å². The molecule has 1 fully saturated rings. The predicted molar refractivity (Wildman–Crippen MR) is 71.9 cm³/mol. The molecule has 1 aromatic rings. The first-order valence-electron chi connectivity index (χ1n) is 6.00. The summed E-state index contributed by atoms with van der Waals surface area (Å²) in [5.74, 6) is -0.170. The van der Waals surface area contributed by atoms with Gasteiger partial charge in [-0.3, -0.25) is 4.79 Å². The number of carbonyl (C=O) groups excluding carboxylic acids is 1. The van der Waals surface area contributed by atoms with Gasteiger partial charge in [-0.15, -0.1) is 11.6 Å². The molecule has 1 aliphatic rings. The Morgan fingerprint density at radius 1 is 1.29 bits per heavy atom.